The van der Waals surface area contributed by atoms with Crippen LogP contribution in [0.25, 0.3) is 0 Å². The highest BCUT2D eigenvalue weighted by Gasteiger charge is 2.33. The van der Waals surface area contributed by atoms with E-state index in [1.54, 1.807) is 6.92 Å². The number of carbonyl (C=O) groups is 1. The number of fused-ring (bicyclic) bond motifs is 2. The second kappa shape index (κ2) is 13.7. The first kappa shape index (κ1) is 29.3. The molecule has 4 aliphatic rings. The van der Waals surface area contributed by atoms with Crippen LogP contribution in [0.15, 0.2) is 70.6 Å². The summed E-state index contributed by atoms with van der Waals surface area (Å²) in [5, 5.41) is 0. The number of aryl methyl sites for hydroxylation is 1. The monoisotopic (exact) mass is 577 g/mol. The summed E-state index contributed by atoms with van der Waals surface area (Å²) in [5.74, 6) is 2.64. The van der Waals surface area contributed by atoms with Gasteiger partial charge in [0.25, 0.3) is 5.91 Å². The number of rotatable bonds is 5. The summed E-state index contributed by atoms with van der Waals surface area (Å²) in [6.07, 6.45) is 5.83. The summed E-state index contributed by atoms with van der Waals surface area (Å²) < 4.78 is 0. The molecule has 1 amide bonds. The zero-order valence-corrected chi connectivity index (χ0v) is 25.6. The number of hydrogen-bond acceptors (Lipinski definition) is 7. The van der Waals surface area contributed by atoms with Gasteiger partial charge in [0.2, 0.25) is 0 Å². The van der Waals surface area contributed by atoms with E-state index in [1.165, 1.54) is 47.5 Å². The number of hydrogen-bond donors (Lipinski definition) is 0. The van der Waals surface area contributed by atoms with Crippen molar-refractivity contribution in [1.29, 1.82) is 0 Å². The molecule has 2 fully saturated rings. The third-order valence-corrected chi connectivity index (χ3v) is 8.79. The fraction of sp³-hybridized carbons (Fsp3) is 0.457. The zero-order chi connectivity index (χ0) is 29.6. The van der Waals surface area contributed by atoms with Gasteiger partial charge in [-0.3, -0.25) is 14.6 Å². The molecule has 0 N–H and O–H groups in total. The van der Waals surface area contributed by atoms with Gasteiger partial charge >= 0.3 is 0 Å². The lowest BCUT2D eigenvalue weighted by molar-refractivity contribution is -0.120. The number of piperidine rings is 2. The third kappa shape index (κ3) is 7.43. The number of amidine groups is 1. The van der Waals surface area contributed by atoms with Crippen LogP contribution >= 0.6 is 0 Å². The fourth-order valence-electron chi connectivity index (χ4n) is 6.65. The maximum absolute atomic E-state index is 11.8. The van der Waals surface area contributed by atoms with Crippen molar-refractivity contribution in [1.82, 2.24) is 19.8 Å². The standard InChI is InChI=1S/C20H26N4.C15H17N3O/c1-16-21-19-15-23(14-17-8-4-2-5-9-17)13-10-18(19)20(22-16)24-11-6-3-7-12-24;1-11-16-14-10-18(8-7-13(14)15(19)17-11)9-12-5-3-2-4-6-12/h2,4-5,8-9H,3,6-7,10-15H2,1H3;2-6,13H,7-10H2,1H3. The lowest BCUT2D eigenvalue weighted by atomic mass is 9.92. The molecular weight excluding hydrogens is 534 g/mol. The molecule has 7 rings (SSSR count). The van der Waals surface area contributed by atoms with Crippen LogP contribution in [0.3, 0.4) is 0 Å². The molecule has 2 saturated heterocycles. The van der Waals surface area contributed by atoms with Crippen LogP contribution in [0.2, 0.25) is 0 Å². The molecule has 43 heavy (non-hydrogen) atoms. The quantitative estimate of drug-likeness (QED) is 0.413. The smallest absolute Gasteiger partial charge is 0.256 e. The number of carbonyl (C=O) groups excluding carboxylic acids is 1. The summed E-state index contributed by atoms with van der Waals surface area (Å²) >= 11 is 0. The Balaban J connectivity index is 0.000000157. The molecule has 3 aromatic rings. The lowest BCUT2D eigenvalue weighted by Crippen LogP contribution is -2.44. The van der Waals surface area contributed by atoms with E-state index >= 15 is 0 Å². The minimum Gasteiger partial charge on any atom is -0.356 e. The fourth-order valence-corrected chi connectivity index (χ4v) is 6.65. The summed E-state index contributed by atoms with van der Waals surface area (Å²) in [6, 6.07) is 21.1. The van der Waals surface area contributed by atoms with Crippen LogP contribution in [0.1, 0.15) is 60.8 Å². The van der Waals surface area contributed by atoms with Crippen molar-refractivity contribution in [3.05, 3.63) is 88.9 Å². The van der Waals surface area contributed by atoms with Gasteiger partial charge in [0.05, 0.1) is 11.6 Å². The number of nitrogens with zero attached hydrogens (tertiary/aromatic N) is 7. The molecule has 8 heteroatoms. The number of anilines is 1. The molecule has 1 unspecified atom stereocenters. The molecule has 1 atom stereocenters. The molecule has 5 heterocycles. The van der Waals surface area contributed by atoms with E-state index in [0.717, 1.165) is 76.7 Å². The van der Waals surface area contributed by atoms with Gasteiger partial charge in [0.1, 0.15) is 17.5 Å². The molecule has 0 bridgehead atoms. The first-order valence-corrected chi connectivity index (χ1v) is 15.8. The molecule has 2 aromatic carbocycles. The highest BCUT2D eigenvalue weighted by molar-refractivity contribution is 6.16. The van der Waals surface area contributed by atoms with Crippen LogP contribution in [-0.2, 0) is 30.8 Å². The number of aliphatic imine (C=N–C) groups is 2. The van der Waals surface area contributed by atoms with Crippen molar-refractivity contribution < 1.29 is 4.79 Å². The Kier molecular flexibility index (Phi) is 9.34. The number of benzene rings is 2. The molecule has 0 radical (unpaired) electrons. The highest BCUT2D eigenvalue weighted by atomic mass is 16.1. The van der Waals surface area contributed by atoms with E-state index in [1.807, 2.05) is 13.0 Å². The summed E-state index contributed by atoms with van der Waals surface area (Å²) in [7, 11) is 0. The molecule has 0 aliphatic carbocycles. The van der Waals surface area contributed by atoms with Gasteiger partial charge in [-0.1, -0.05) is 60.7 Å². The molecule has 0 saturated carbocycles. The normalized spacial score (nSPS) is 20.7. The minimum absolute atomic E-state index is 0.0122. The molecule has 8 nitrogen and oxygen atoms in total. The second-order valence-corrected chi connectivity index (χ2v) is 12.2. The lowest BCUT2D eigenvalue weighted by Gasteiger charge is -2.34. The average Bonchev–Trinajstić information content (AvgIpc) is 3.02. The second-order valence-electron chi connectivity index (χ2n) is 12.2. The summed E-state index contributed by atoms with van der Waals surface area (Å²) in [6.45, 7) is 11.8. The van der Waals surface area contributed by atoms with E-state index in [2.05, 4.69) is 79.3 Å². The van der Waals surface area contributed by atoms with Gasteiger partial charge in [-0.05, 0) is 57.1 Å². The van der Waals surface area contributed by atoms with Gasteiger partial charge in [-0.25, -0.2) is 15.0 Å². The Bertz CT molecular complexity index is 1460. The maximum Gasteiger partial charge on any atom is 0.256 e. The van der Waals surface area contributed by atoms with Crippen LogP contribution < -0.4 is 4.90 Å². The van der Waals surface area contributed by atoms with Crippen LogP contribution in [-0.4, -0.2) is 69.9 Å². The Morgan fingerprint density at radius 3 is 2.07 bits per heavy atom. The van der Waals surface area contributed by atoms with Gasteiger partial charge in [0, 0.05) is 63.6 Å². The van der Waals surface area contributed by atoms with Gasteiger partial charge in [-0.2, -0.15) is 4.99 Å². The van der Waals surface area contributed by atoms with Crippen LogP contribution in [0.5, 0.6) is 0 Å². The van der Waals surface area contributed by atoms with E-state index in [0.29, 0.717) is 5.84 Å². The van der Waals surface area contributed by atoms with E-state index in [-0.39, 0.29) is 11.8 Å². The Labute approximate surface area is 255 Å². The summed E-state index contributed by atoms with van der Waals surface area (Å²) in [4.78, 5) is 37.2. The van der Waals surface area contributed by atoms with Crippen LogP contribution in [0.4, 0.5) is 5.82 Å². The van der Waals surface area contributed by atoms with Gasteiger partial charge < -0.3 is 4.90 Å². The predicted octanol–water partition coefficient (Wildman–Crippen LogP) is 5.24. The number of aromatic nitrogens is 2. The van der Waals surface area contributed by atoms with E-state index in [4.69, 9.17) is 9.97 Å². The van der Waals surface area contributed by atoms with Gasteiger partial charge in [0.15, 0.2) is 0 Å². The summed E-state index contributed by atoms with van der Waals surface area (Å²) in [5.41, 5.74) is 6.30. The predicted molar refractivity (Wildman–Crippen MR) is 172 cm³/mol. The Morgan fingerprint density at radius 2 is 1.40 bits per heavy atom. The first-order chi connectivity index (χ1) is 21.0. The largest absolute Gasteiger partial charge is 0.356 e. The van der Waals surface area contributed by atoms with Gasteiger partial charge in [-0.15, -0.1) is 0 Å². The average molecular weight is 578 g/mol. The molecule has 224 valence electrons. The number of amides is 1. The van der Waals surface area contributed by atoms with Crippen molar-refractivity contribution in [2.24, 2.45) is 15.9 Å². The van der Waals surface area contributed by atoms with Crippen molar-refractivity contribution in [2.45, 2.75) is 65.6 Å². The van der Waals surface area contributed by atoms with Crippen molar-refractivity contribution in [3.63, 3.8) is 0 Å². The van der Waals surface area contributed by atoms with Crippen LogP contribution in [0, 0.1) is 12.8 Å². The molecule has 4 aliphatic heterocycles. The first-order valence-electron chi connectivity index (χ1n) is 15.8. The SMILES string of the molecule is CC1=NC(=O)C2CCN(Cc3ccccc3)CC2=N1.Cc1nc2c(c(N3CCCCC3)n1)CCN(Cc1ccccc1)C2. The Hall–Kier alpha value is -3.75. The number of likely N-dealkylation sites (tertiary alicyclic amines) is 1. The zero-order valence-electron chi connectivity index (χ0n) is 25.6. The molecule has 1 aromatic heterocycles. The van der Waals surface area contributed by atoms with Crippen molar-refractivity contribution >= 4 is 23.3 Å². The maximum atomic E-state index is 11.8. The molecular formula is C35H43N7O. The molecule has 0 spiro atoms. The third-order valence-electron chi connectivity index (χ3n) is 8.79. The minimum atomic E-state index is -0.0734. The topological polar surface area (TPSA) is 77.3 Å². The van der Waals surface area contributed by atoms with Crippen molar-refractivity contribution in [2.75, 3.05) is 37.6 Å². The Morgan fingerprint density at radius 1 is 0.744 bits per heavy atom. The van der Waals surface area contributed by atoms with Crippen molar-refractivity contribution in [3.8, 4) is 0 Å². The van der Waals surface area contributed by atoms with E-state index in [9.17, 15) is 4.79 Å². The highest BCUT2D eigenvalue weighted by Crippen LogP contribution is 2.29. The van der Waals surface area contributed by atoms with E-state index < -0.39 is 0 Å².